The molecule has 112 valence electrons. The van der Waals surface area contributed by atoms with Crippen molar-refractivity contribution in [2.24, 2.45) is 5.84 Å². The molecule has 0 heterocycles. The fraction of sp³-hybridized carbons (Fsp3) is 0.294. The third-order valence-electron chi connectivity index (χ3n) is 3.36. The fourth-order valence-corrected chi connectivity index (χ4v) is 2.44. The van der Waals surface area contributed by atoms with E-state index in [1.807, 2.05) is 30.3 Å². The van der Waals surface area contributed by atoms with Crippen molar-refractivity contribution in [2.75, 3.05) is 6.61 Å². The number of halogens is 1. The molecule has 1 atom stereocenters. The maximum absolute atomic E-state index is 5.77. The van der Waals surface area contributed by atoms with Crippen molar-refractivity contribution in [2.45, 2.75) is 25.8 Å². The number of aryl methyl sites for hydroxylation is 1. The van der Waals surface area contributed by atoms with Crippen LogP contribution < -0.4 is 16.0 Å². The maximum Gasteiger partial charge on any atom is 0.119 e. The van der Waals surface area contributed by atoms with Crippen LogP contribution in [0, 0.1) is 6.92 Å². The molecule has 0 aliphatic carbocycles. The van der Waals surface area contributed by atoms with E-state index < -0.39 is 0 Å². The van der Waals surface area contributed by atoms with E-state index in [4.69, 9.17) is 10.6 Å². The number of rotatable bonds is 7. The molecule has 0 aromatic heterocycles. The third-order valence-corrected chi connectivity index (χ3v) is 3.88. The standard InChI is InChI=1S/C17H21BrN2O/c1-13-3-2-4-17(11-13)21-10-9-16(20-19)12-14-5-7-15(18)8-6-14/h2-8,11,16,20H,9-10,12,19H2,1H3. The van der Waals surface area contributed by atoms with Gasteiger partial charge in [0.05, 0.1) is 6.61 Å². The van der Waals surface area contributed by atoms with Crippen molar-refractivity contribution in [3.63, 3.8) is 0 Å². The zero-order valence-electron chi connectivity index (χ0n) is 12.2. The summed E-state index contributed by atoms with van der Waals surface area (Å²) in [4.78, 5) is 0. The van der Waals surface area contributed by atoms with E-state index in [1.54, 1.807) is 0 Å². The Hall–Kier alpha value is -1.36. The van der Waals surface area contributed by atoms with Gasteiger partial charge in [-0.2, -0.15) is 0 Å². The molecule has 0 spiro atoms. The molecule has 21 heavy (non-hydrogen) atoms. The zero-order chi connectivity index (χ0) is 15.1. The summed E-state index contributed by atoms with van der Waals surface area (Å²) < 4.78 is 6.86. The summed E-state index contributed by atoms with van der Waals surface area (Å²) in [7, 11) is 0. The highest BCUT2D eigenvalue weighted by Gasteiger charge is 2.08. The monoisotopic (exact) mass is 348 g/mol. The molecule has 2 rings (SSSR count). The number of hydrazine groups is 1. The van der Waals surface area contributed by atoms with E-state index in [-0.39, 0.29) is 6.04 Å². The van der Waals surface area contributed by atoms with Crippen LogP contribution in [0.1, 0.15) is 17.5 Å². The number of nitrogens with two attached hydrogens (primary N) is 1. The second-order valence-electron chi connectivity index (χ2n) is 5.15. The molecule has 4 heteroatoms. The van der Waals surface area contributed by atoms with Crippen LogP contribution in [0.4, 0.5) is 0 Å². The van der Waals surface area contributed by atoms with Crippen LogP contribution in [-0.4, -0.2) is 12.6 Å². The summed E-state index contributed by atoms with van der Waals surface area (Å²) in [5.41, 5.74) is 5.34. The summed E-state index contributed by atoms with van der Waals surface area (Å²) in [5, 5.41) is 0. The molecule has 1 unspecified atom stereocenters. The largest absolute Gasteiger partial charge is 0.494 e. The minimum absolute atomic E-state index is 0.205. The van der Waals surface area contributed by atoms with Gasteiger partial charge in [0.1, 0.15) is 5.75 Å². The van der Waals surface area contributed by atoms with Gasteiger partial charge < -0.3 is 4.74 Å². The number of ether oxygens (including phenoxy) is 1. The lowest BCUT2D eigenvalue weighted by atomic mass is 10.0. The molecule has 0 amide bonds. The first-order valence-electron chi connectivity index (χ1n) is 7.07. The molecule has 0 aliphatic rings. The second kappa shape index (κ2) is 8.17. The minimum Gasteiger partial charge on any atom is -0.494 e. The average molecular weight is 349 g/mol. The smallest absolute Gasteiger partial charge is 0.119 e. The molecule has 0 bridgehead atoms. The number of hydrogen-bond acceptors (Lipinski definition) is 3. The summed E-state index contributed by atoms with van der Waals surface area (Å²) in [6.07, 6.45) is 1.75. The van der Waals surface area contributed by atoms with Gasteiger partial charge in [0.2, 0.25) is 0 Å². The lowest BCUT2D eigenvalue weighted by molar-refractivity contribution is 0.285. The quantitative estimate of drug-likeness (QED) is 0.593. The number of benzene rings is 2. The van der Waals surface area contributed by atoms with Crippen LogP contribution in [0.25, 0.3) is 0 Å². The highest BCUT2D eigenvalue weighted by molar-refractivity contribution is 9.10. The van der Waals surface area contributed by atoms with Crippen molar-refractivity contribution in [1.29, 1.82) is 0 Å². The molecule has 2 aromatic rings. The molecule has 0 saturated carbocycles. The van der Waals surface area contributed by atoms with Crippen molar-refractivity contribution in [3.05, 3.63) is 64.1 Å². The Kier molecular flexibility index (Phi) is 6.23. The lowest BCUT2D eigenvalue weighted by Gasteiger charge is -2.16. The van der Waals surface area contributed by atoms with Gasteiger partial charge in [-0.3, -0.25) is 11.3 Å². The van der Waals surface area contributed by atoms with Gasteiger partial charge in [0.15, 0.2) is 0 Å². The van der Waals surface area contributed by atoms with Crippen LogP contribution >= 0.6 is 15.9 Å². The van der Waals surface area contributed by atoms with Crippen molar-refractivity contribution in [1.82, 2.24) is 5.43 Å². The molecule has 3 N–H and O–H groups in total. The SMILES string of the molecule is Cc1cccc(OCCC(Cc2ccc(Br)cc2)NN)c1. The van der Waals surface area contributed by atoms with Crippen molar-refractivity contribution in [3.8, 4) is 5.75 Å². The van der Waals surface area contributed by atoms with Crippen LogP contribution in [0.5, 0.6) is 5.75 Å². The summed E-state index contributed by atoms with van der Waals surface area (Å²) in [5.74, 6) is 6.55. The Bertz CT molecular complexity index is 557. The Morgan fingerprint density at radius 1 is 1.19 bits per heavy atom. The molecule has 2 aromatic carbocycles. The van der Waals surface area contributed by atoms with Crippen LogP contribution in [0.3, 0.4) is 0 Å². The van der Waals surface area contributed by atoms with Crippen LogP contribution in [-0.2, 0) is 6.42 Å². The van der Waals surface area contributed by atoms with E-state index in [1.165, 1.54) is 11.1 Å². The Morgan fingerprint density at radius 3 is 2.62 bits per heavy atom. The topological polar surface area (TPSA) is 47.3 Å². The van der Waals surface area contributed by atoms with Crippen LogP contribution in [0.2, 0.25) is 0 Å². The highest BCUT2D eigenvalue weighted by Crippen LogP contribution is 2.15. The van der Waals surface area contributed by atoms with E-state index in [0.29, 0.717) is 6.61 Å². The first kappa shape index (κ1) is 16.0. The lowest BCUT2D eigenvalue weighted by Crippen LogP contribution is -2.37. The maximum atomic E-state index is 5.77. The molecular weight excluding hydrogens is 328 g/mol. The Labute approximate surface area is 134 Å². The molecular formula is C17H21BrN2O. The first-order chi connectivity index (χ1) is 10.2. The predicted octanol–water partition coefficient (Wildman–Crippen LogP) is 3.60. The molecule has 0 saturated heterocycles. The van der Waals surface area contributed by atoms with Crippen LogP contribution in [0.15, 0.2) is 53.0 Å². The molecule has 0 aliphatic heterocycles. The minimum atomic E-state index is 0.205. The van der Waals surface area contributed by atoms with Crippen molar-refractivity contribution < 1.29 is 4.74 Å². The van der Waals surface area contributed by atoms with Gasteiger partial charge in [-0.15, -0.1) is 0 Å². The Morgan fingerprint density at radius 2 is 1.95 bits per heavy atom. The van der Waals surface area contributed by atoms with Gasteiger partial charge in [-0.25, -0.2) is 0 Å². The highest BCUT2D eigenvalue weighted by atomic mass is 79.9. The van der Waals surface area contributed by atoms with Crippen molar-refractivity contribution >= 4 is 15.9 Å². The first-order valence-corrected chi connectivity index (χ1v) is 7.86. The average Bonchev–Trinajstić information content (AvgIpc) is 2.48. The zero-order valence-corrected chi connectivity index (χ0v) is 13.8. The summed E-state index contributed by atoms with van der Waals surface area (Å²) in [6, 6.07) is 16.6. The van der Waals surface area contributed by atoms with Gasteiger partial charge in [0.25, 0.3) is 0 Å². The summed E-state index contributed by atoms with van der Waals surface area (Å²) in [6.45, 7) is 2.71. The number of nitrogens with one attached hydrogen (secondary N) is 1. The summed E-state index contributed by atoms with van der Waals surface area (Å²) >= 11 is 3.44. The predicted molar refractivity (Wildman–Crippen MR) is 90.2 cm³/mol. The molecule has 0 fully saturated rings. The molecule has 3 nitrogen and oxygen atoms in total. The van der Waals surface area contributed by atoms with E-state index >= 15 is 0 Å². The van der Waals surface area contributed by atoms with Gasteiger partial charge in [-0.05, 0) is 55.2 Å². The van der Waals surface area contributed by atoms with Gasteiger partial charge in [-0.1, -0.05) is 40.2 Å². The van der Waals surface area contributed by atoms with E-state index in [0.717, 1.165) is 23.1 Å². The number of hydrogen-bond donors (Lipinski definition) is 2. The third kappa shape index (κ3) is 5.50. The fourth-order valence-electron chi connectivity index (χ4n) is 2.17. The molecule has 0 radical (unpaired) electrons. The van der Waals surface area contributed by atoms with Gasteiger partial charge in [0, 0.05) is 10.5 Å². The van der Waals surface area contributed by atoms with E-state index in [2.05, 4.69) is 46.5 Å². The van der Waals surface area contributed by atoms with E-state index in [9.17, 15) is 0 Å². The second-order valence-corrected chi connectivity index (χ2v) is 6.06. The van der Waals surface area contributed by atoms with Gasteiger partial charge >= 0.3 is 0 Å². The normalized spacial score (nSPS) is 12.1. The Balaban J connectivity index is 1.81.